The normalized spacial score (nSPS) is 11.4. The van der Waals surface area contributed by atoms with Crippen molar-refractivity contribution in [3.8, 4) is 0 Å². The van der Waals surface area contributed by atoms with E-state index in [0.29, 0.717) is 31.0 Å². The van der Waals surface area contributed by atoms with Crippen molar-refractivity contribution in [2.75, 3.05) is 17.2 Å². The fourth-order valence-corrected chi connectivity index (χ4v) is 3.71. The van der Waals surface area contributed by atoms with Crippen molar-refractivity contribution >= 4 is 28.4 Å². The van der Waals surface area contributed by atoms with Gasteiger partial charge in [-0.15, -0.1) is 0 Å². The van der Waals surface area contributed by atoms with Crippen LogP contribution < -0.4 is 21.9 Å². The van der Waals surface area contributed by atoms with E-state index < -0.39 is 11.2 Å². The van der Waals surface area contributed by atoms with Gasteiger partial charge in [0, 0.05) is 24.0 Å². The molecule has 1 amide bonds. The Balaban J connectivity index is 2.02. The molecule has 0 saturated heterocycles. The van der Waals surface area contributed by atoms with Crippen molar-refractivity contribution in [2.24, 2.45) is 5.92 Å². The van der Waals surface area contributed by atoms with Crippen LogP contribution in [0.4, 0.5) is 11.5 Å². The second-order valence-corrected chi connectivity index (χ2v) is 8.66. The largest absolute Gasteiger partial charge is 0.464 e. The summed E-state index contributed by atoms with van der Waals surface area (Å²) < 4.78 is 6.97. The Bertz CT molecular complexity index is 1220. The van der Waals surface area contributed by atoms with E-state index in [-0.39, 0.29) is 23.8 Å². The number of unbranched alkanes of at least 4 members (excludes halogenated alkanes) is 1. The van der Waals surface area contributed by atoms with Crippen molar-refractivity contribution in [3.63, 3.8) is 0 Å². The van der Waals surface area contributed by atoms with Gasteiger partial charge in [0.25, 0.3) is 5.56 Å². The van der Waals surface area contributed by atoms with Gasteiger partial charge in [-0.2, -0.15) is 0 Å². The average molecular weight is 441 g/mol. The van der Waals surface area contributed by atoms with E-state index in [1.54, 1.807) is 6.26 Å². The number of amides is 1. The number of fused-ring (bicyclic) bond motifs is 1. The van der Waals surface area contributed by atoms with E-state index in [0.717, 1.165) is 29.4 Å². The van der Waals surface area contributed by atoms with Crippen LogP contribution in [0.5, 0.6) is 0 Å². The minimum atomic E-state index is -0.648. The molecule has 3 N–H and O–H groups in total. The molecule has 0 aliphatic carbocycles. The minimum absolute atomic E-state index is 0.0250. The smallest absolute Gasteiger partial charge is 0.330 e. The third-order valence-electron chi connectivity index (χ3n) is 5.60. The number of hydrogen-bond acceptors (Lipinski definition) is 5. The maximum absolute atomic E-state index is 13.4. The first kappa shape index (κ1) is 23.4. The summed E-state index contributed by atoms with van der Waals surface area (Å²) in [5, 5.41) is 0.863. The highest BCUT2D eigenvalue weighted by atomic mass is 16.3. The van der Waals surface area contributed by atoms with Gasteiger partial charge in [0.15, 0.2) is 5.69 Å². The fraction of sp³-hybridized carbons (Fsp3) is 0.458. The van der Waals surface area contributed by atoms with Crippen LogP contribution in [0.3, 0.4) is 0 Å². The number of carbonyl (C=O) groups excluding carboxylic acids is 1. The molecule has 0 bridgehead atoms. The van der Waals surface area contributed by atoms with Gasteiger partial charge in [-0.05, 0) is 37.3 Å². The van der Waals surface area contributed by atoms with Crippen molar-refractivity contribution < 1.29 is 9.21 Å². The molecule has 32 heavy (non-hydrogen) atoms. The molecule has 8 nitrogen and oxygen atoms in total. The summed E-state index contributed by atoms with van der Waals surface area (Å²) in [5.74, 6) is 0.0677. The van der Waals surface area contributed by atoms with E-state index in [4.69, 9.17) is 10.2 Å². The van der Waals surface area contributed by atoms with Gasteiger partial charge >= 0.3 is 5.69 Å². The summed E-state index contributed by atoms with van der Waals surface area (Å²) in [6.07, 6.45) is 3.92. The molecule has 0 atom stereocenters. The maximum atomic E-state index is 13.4. The highest BCUT2D eigenvalue weighted by Crippen LogP contribution is 2.25. The Morgan fingerprint density at radius 2 is 2.03 bits per heavy atom. The number of nitrogens with two attached hydrogens (primary N) is 1. The number of aromatic nitrogens is 2. The summed E-state index contributed by atoms with van der Waals surface area (Å²) in [6, 6.07) is 5.82. The molecule has 1 aromatic carbocycles. The summed E-state index contributed by atoms with van der Waals surface area (Å²) in [7, 11) is 0. The molecule has 0 aliphatic rings. The molecule has 3 rings (SSSR count). The number of nitrogens with one attached hydrogen (secondary N) is 1. The number of anilines is 2. The van der Waals surface area contributed by atoms with Crippen LogP contribution >= 0.6 is 0 Å². The SMILES string of the molecule is CCCCn1c(N)c(N(CCC(C)C)C(=O)Cc2coc3cc(C)ccc23)c(=O)[nH]c1=O. The zero-order chi connectivity index (χ0) is 23.4. The maximum Gasteiger partial charge on any atom is 0.330 e. The van der Waals surface area contributed by atoms with Crippen molar-refractivity contribution in [1.82, 2.24) is 9.55 Å². The highest BCUT2D eigenvalue weighted by Gasteiger charge is 2.25. The first-order chi connectivity index (χ1) is 15.2. The zero-order valence-electron chi connectivity index (χ0n) is 19.2. The summed E-state index contributed by atoms with van der Waals surface area (Å²) in [5.41, 5.74) is 7.64. The molecule has 2 aromatic heterocycles. The van der Waals surface area contributed by atoms with Gasteiger partial charge in [-0.25, -0.2) is 4.79 Å². The molecule has 2 heterocycles. The minimum Gasteiger partial charge on any atom is -0.464 e. The predicted octanol–water partition coefficient (Wildman–Crippen LogP) is 3.60. The van der Waals surface area contributed by atoms with Crippen molar-refractivity contribution in [1.29, 1.82) is 0 Å². The van der Waals surface area contributed by atoms with Crippen LogP contribution in [0.15, 0.2) is 38.5 Å². The van der Waals surface area contributed by atoms with E-state index in [2.05, 4.69) is 4.98 Å². The molecule has 0 fully saturated rings. The number of aryl methyl sites for hydroxylation is 1. The van der Waals surface area contributed by atoms with Gasteiger partial charge in [0.05, 0.1) is 12.7 Å². The number of benzene rings is 1. The average Bonchev–Trinajstić information content (AvgIpc) is 3.11. The molecular weight excluding hydrogens is 408 g/mol. The fourth-order valence-electron chi connectivity index (χ4n) is 3.71. The standard InChI is InChI=1S/C24H32N4O4/c1-5-6-10-28-22(25)21(23(30)26-24(28)31)27(11-9-15(2)3)20(29)13-17-14-32-19-12-16(4)7-8-18(17)19/h7-8,12,14-15H,5-6,9-11,13,25H2,1-4H3,(H,26,30,31). The lowest BCUT2D eigenvalue weighted by molar-refractivity contribution is -0.118. The third-order valence-corrected chi connectivity index (χ3v) is 5.60. The van der Waals surface area contributed by atoms with E-state index in [1.807, 2.05) is 45.9 Å². The number of nitrogen functional groups attached to an aromatic ring is 1. The van der Waals surface area contributed by atoms with Crippen LogP contribution in [-0.2, 0) is 17.8 Å². The summed E-state index contributed by atoms with van der Waals surface area (Å²) >= 11 is 0. The Morgan fingerprint density at radius 1 is 1.28 bits per heavy atom. The Hall–Kier alpha value is -3.29. The van der Waals surface area contributed by atoms with Gasteiger partial charge in [0.2, 0.25) is 5.91 Å². The van der Waals surface area contributed by atoms with E-state index in [1.165, 1.54) is 9.47 Å². The van der Waals surface area contributed by atoms with Crippen LogP contribution in [0.1, 0.15) is 51.2 Å². The van der Waals surface area contributed by atoms with Crippen LogP contribution in [0.2, 0.25) is 0 Å². The number of nitrogens with zero attached hydrogens (tertiary/aromatic N) is 2. The van der Waals surface area contributed by atoms with Crippen LogP contribution in [0, 0.1) is 12.8 Å². The highest BCUT2D eigenvalue weighted by molar-refractivity contribution is 5.98. The molecule has 0 saturated carbocycles. The molecule has 172 valence electrons. The number of H-pyrrole nitrogens is 1. The second kappa shape index (κ2) is 9.89. The summed E-state index contributed by atoms with van der Waals surface area (Å²) in [4.78, 5) is 42.3. The molecule has 3 aromatic rings. The van der Waals surface area contributed by atoms with E-state index >= 15 is 0 Å². The Morgan fingerprint density at radius 3 is 2.72 bits per heavy atom. The number of rotatable bonds is 9. The number of carbonyl (C=O) groups is 1. The number of hydrogen-bond donors (Lipinski definition) is 2. The molecule has 0 radical (unpaired) electrons. The molecule has 0 unspecified atom stereocenters. The zero-order valence-corrected chi connectivity index (χ0v) is 19.2. The first-order valence-corrected chi connectivity index (χ1v) is 11.1. The molecule has 0 spiro atoms. The topological polar surface area (TPSA) is 114 Å². The van der Waals surface area contributed by atoms with Gasteiger partial charge in [-0.3, -0.25) is 19.1 Å². The predicted molar refractivity (Wildman–Crippen MR) is 127 cm³/mol. The van der Waals surface area contributed by atoms with Gasteiger partial charge < -0.3 is 15.1 Å². The third kappa shape index (κ3) is 4.95. The number of furan rings is 1. The number of aromatic amines is 1. The second-order valence-electron chi connectivity index (χ2n) is 8.66. The first-order valence-electron chi connectivity index (χ1n) is 11.1. The van der Waals surface area contributed by atoms with Gasteiger partial charge in [-0.1, -0.05) is 39.3 Å². The van der Waals surface area contributed by atoms with Crippen molar-refractivity contribution in [3.05, 3.63) is 56.4 Å². The van der Waals surface area contributed by atoms with Gasteiger partial charge in [0.1, 0.15) is 11.4 Å². The quantitative estimate of drug-likeness (QED) is 0.528. The van der Waals surface area contributed by atoms with Crippen molar-refractivity contribution in [2.45, 2.75) is 59.9 Å². The molecule has 8 heteroatoms. The lowest BCUT2D eigenvalue weighted by Gasteiger charge is -2.25. The summed E-state index contributed by atoms with van der Waals surface area (Å²) in [6.45, 7) is 8.77. The molecular formula is C24H32N4O4. The lowest BCUT2D eigenvalue weighted by atomic mass is 10.1. The van der Waals surface area contributed by atoms with Crippen LogP contribution in [0.25, 0.3) is 11.0 Å². The monoisotopic (exact) mass is 440 g/mol. The Kier molecular flexibility index (Phi) is 7.22. The Labute approximate surface area is 187 Å². The van der Waals surface area contributed by atoms with Crippen LogP contribution in [-0.4, -0.2) is 22.0 Å². The molecule has 0 aliphatic heterocycles. The lowest BCUT2D eigenvalue weighted by Crippen LogP contribution is -2.42. The van der Waals surface area contributed by atoms with E-state index in [9.17, 15) is 14.4 Å².